The lowest BCUT2D eigenvalue weighted by Gasteiger charge is -2.26. The average Bonchev–Trinajstić information content (AvgIpc) is 3.09. The number of esters is 1. The summed E-state index contributed by atoms with van der Waals surface area (Å²) in [6.45, 7) is 7.61. The molecule has 0 saturated carbocycles. The van der Waals surface area contributed by atoms with E-state index in [1.165, 1.54) is 0 Å². The first-order valence-electron chi connectivity index (χ1n) is 10.4. The van der Waals surface area contributed by atoms with Gasteiger partial charge in [-0.2, -0.15) is 0 Å². The quantitative estimate of drug-likeness (QED) is 0.607. The summed E-state index contributed by atoms with van der Waals surface area (Å²) in [5, 5.41) is 0. The van der Waals surface area contributed by atoms with E-state index in [2.05, 4.69) is 4.98 Å². The van der Waals surface area contributed by atoms with Crippen LogP contribution in [0.1, 0.15) is 42.4 Å². The van der Waals surface area contributed by atoms with Gasteiger partial charge < -0.3 is 14.2 Å². The molecule has 1 aromatic heterocycles. The number of amides is 1. The van der Waals surface area contributed by atoms with Crippen molar-refractivity contribution in [2.45, 2.75) is 52.8 Å². The Hall–Kier alpha value is -3.48. The second-order valence-electron chi connectivity index (χ2n) is 7.89. The molecule has 2 atom stereocenters. The number of hydrogen-bond acceptors (Lipinski definition) is 5. The van der Waals surface area contributed by atoms with Crippen molar-refractivity contribution in [3.8, 4) is 0 Å². The second-order valence-corrected chi connectivity index (χ2v) is 7.89. The minimum absolute atomic E-state index is 0.00433. The third-order valence-electron chi connectivity index (χ3n) is 5.74. The van der Waals surface area contributed by atoms with Gasteiger partial charge in [-0.3, -0.25) is 9.59 Å². The molecular formula is C24H25N3O4. The Kier molecular flexibility index (Phi) is 5.35. The summed E-state index contributed by atoms with van der Waals surface area (Å²) in [4.78, 5) is 44.1. The number of nitrogens with zero attached hydrogens (tertiary/aromatic N) is 3. The Balaban J connectivity index is 1.57. The molecule has 0 N–H and O–H groups in total. The zero-order chi connectivity index (χ0) is 22.3. The second kappa shape index (κ2) is 7.98. The van der Waals surface area contributed by atoms with E-state index in [1.807, 2.05) is 38.1 Å². The van der Waals surface area contributed by atoms with E-state index in [-0.39, 0.29) is 23.1 Å². The number of anilines is 1. The van der Waals surface area contributed by atoms with E-state index in [0.717, 1.165) is 17.7 Å². The van der Waals surface area contributed by atoms with E-state index in [0.29, 0.717) is 23.3 Å². The Morgan fingerprint density at radius 2 is 1.97 bits per heavy atom. The number of para-hydroxylation sites is 1. The number of aromatic nitrogens is 2. The van der Waals surface area contributed by atoms with Crippen molar-refractivity contribution in [1.29, 1.82) is 0 Å². The Bertz CT molecular complexity index is 1250. The van der Waals surface area contributed by atoms with E-state index >= 15 is 0 Å². The highest BCUT2D eigenvalue weighted by Crippen LogP contribution is 2.32. The van der Waals surface area contributed by atoms with Gasteiger partial charge in [-0.1, -0.05) is 18.2 Å². The summed E-state index contributed by atoms with van der Waals surface area (Å²) in [6.07, 6.45) is -0.159. The number of aryl methyl sites for hydroxylation is 2. The van der Waals surface area contributed by atoms with Gasteiger partial charge in [-0.25, -0.2) is 9.78 Å². The highest BCUT2D eigenvalue weighted by molar-refractivity contribution is 6.01. The molecule has 3 aromatic rings. The largest absolute Gasteiger partial charge is 0.449 e. The van der Waals surface area contributed by atoms with E-state index in [4.69, 9.17) is 4.74 Å². The minimum atomic E-state index is -0.934. The van der Waals surface area contributed by atoms with Crippen LogP contribution in [0, 0.1) is 6.92 Å². The maximum absolute atomic E-state index is 13.1. The average molecular weight is 419 g/mol. The fourth-order valence-corrected chi connectivity index (χ4v) is 4.19. The van der Waals surface area contributed by atoms with Gasteiger partial charge in [-0.15, -0.1) is 0 Å². The van der Waals surface area contributed by atoms with E-state index < -0.39 is 12.1 Å². The van der Waals surface area contributed by atoms with Gasteiger partial charge in [0.15, 0.2) is 6.10 Å². The van der Waals surface area contributed by atoms with Crippen LogP contribution in [0.2, 0.25) is 0 Å². The van der Waals surface area contributed by atoms with Crippen molar-refractivity contribution in [3.63, 3.8) is 0 Å². The summed E-state index contributed by atoms with van der Waals surface area (Å²) < 4.78 is 7.12. The van der Waals surface area contributed by atoms with E-state index in [1.54, 1.807) is 41.5 Å². The van der Waals surface area contributed by atoms with Crippen LogP contribution in [-0.2, 0) is 22.5 Å². The lowest BCUT2D eigenvalue weighted by atomic mass is 10.1. The number of rotatable bonds is 4. The maximum atomic E-state index is 13.1. The molecule has 31 heavy (non-hydrogen) atoms. The standard InChI is InChI=1S/C24H25N3O4/c1-5-26-21-11-10-18(13-19(21)25-15(3)22(26)28)24(30)31-16(4)23(29)27-14(2)12-17-8-6-7-9-20(17)27/h6-11,13-14,16H,5,12H2,1-4H3/t14-,16-/m0/s1. The summed E-state index contributed by atoms with van der Waals surface area (Å²) in [7, 11) is 0. The first-order valence-corrected chi connectivity index (χ1v) is 10.4. The van der Waals surface area contributed by atoms with Crippen molar-refractivity contribution in [2.24, 2.45) is 0 Å². The van der Waals surface area contributed by atoms with Crippen molar-refractivity contribution in [2.75, 3.05) is 4.90 Å². The van der Waals surface area contributed by atoms with Crippen LogP contribution in [0.4, 0.5) is 5.69 Å². The maximum Gasteiger partial charge on any atom is 0.338 e. The van der Waals surface area contributed by atoms with Crippen LogP contribution in [0.3, 0.4) is 0 Å². The Labute approximate surface area is 180 Å². The molecule has 7 heteroatoms. The molecule has 7 nitrogen and oxygen atoms in total. The smallest absolute Gasteiger partial charge is 0.338 e. The molecule has 0 radical (unpaired) electrons. The highest BCUT2D eigenvalue weighted by Gasteiger charge is 2.34. The molecule has 0 unspecified atom stereocenters. The third-order valence-corrected chi connectivity index (χ3v) is 5.74. The number of carbonyl (C=O) groups excluding carboxylic acids is 2. The van der Waals surface area contributed by atoms with Gasteiger partial charge >= 0.3 is 5.97 Å². The SMILES string of the molecule is CCn1c(=O)c(C)nc2cc(C(=O)O[C@@H](C)C(=O)N3c4ccccc4C[C@@H]3C)ccc21. The van der Waals surface area contributed by atoms with Crippen LogP contribution >= 0.6 is 0 Å². The Morgan fingerprint density at radius 3 is 2.71 bits per heavy atom. The lowest BCUT2D eigenvalue weighted by molar-refractivity contribution is -0.126. The summed E-state index contributed by atoms with van der Waals surface area (Å²) in [5.74, 6) is -0.850. The predicted octanol–water partition coefficient (Wildman–Crippen LogP) is 3.25. The van der Waals surface area contributed by atoms with E-state index in [9.17, 15) is 14.4 Å². The third kappa shape index (κ3) is 3.60. The fraction of sp³-hybridized carbons (Fsp3) is 0.333. The van der Waals surface area contributed by atoms with Gasteiger partial charge in [-0.05, 0) is 63.9 Å². The highest BCUT2D eigenvalue weighted by atomic mass is 16.5. The number of ether oxygens (including phenoxy) is 1. The molecule has 0 aliphatic carbocycles. The first-order chi connectivity index (χ1) is 14.8. The normalized spacial score (nSPS) is 16.3. The van der Waals surface area contributed by atoms with Gasteiger partial charge in [0.05, 0.1) is 16.6 Å². The molecule has 0 saturated heterocycles. The molecule has 1 aliphatic rings. The van der Waals surface area contributed by atoms with Crippen molar-refractivity contribution in [3.05, 3.63) is 69.6 Å². The van der Waals surface area contributed by atoms with Crippen molar-refractivity contribution >= 4 is 28.6 Å². The topological polar surface area (TPSA) is 81.5 Å². The molecular weight excluding hydrogens is 394 g/mol. The lowest BCUT2D eigenvalue weighted by Crippen LogP contribution is -2.43. The monoisotopic (exact) mass is 419 g/mol. The molecule has 1 amide bonds. The van der Waals surface area contributed by atoms with Crippen molar-refractivity contribution < 1.29 is 14.3 Å². The van der Waals surface area contributed by atoms with Crippen molar-refractivity contribution in [1.82, 2.24) is 9.55 Å². The number of benzene rings is 2. The summed E-state index contributed by atoms with van der Waals surface area (Å²) >= 11 is 0. The fourth-order valence-electron chi connectivity index (χ4n) is 4.19. The first kappa shape index (κ1) is 20.8. The molecule has 0 spiro atoms. The molecule has 4 rings (SSSR count). The Morgan fingerprint density at radius 1 is 1.23 bits per heavy atom. The van der Waals surface area contributed by atoms with Crippen LogP contribution in [0.5, 0.6) is 0 Å². The zero-order valence-electron chi connectivity index (χ0n) is 18.1. The van der Waals surface area contributed by atoms with Gasteiger partial charge in [0.2, 0.25) is 0 Å². The minimum Gasteiger partial charge on any atom is -0.449 e. The predicted molar refractivity (Wildman–Crippen MR) is 118 cm³/mol. The van der Waals surface area contributed by atoms with Crippen LogP contribution in [0.25, 0.3) is 11.0 Å². The van der Waals surface area contributed by atoms with Crippen LogP contribution in [-0.4, -0.2) is 33.6 Å². The molecule has 0 fully saturated rings. The number of fused-ring (bicyclic) bond motifs is 2. The van der Waals surface area contributed by atoms with Crippen LogP contribution < -0.4 is 10.5 Å². The van der Waals surface area contributed by atoms with Gasteiger partial charge in [0.1, 0.15) is 5.69 Å². The molecule has 1 aliphatic heterocycles. The molecule has 2 heterocycles. The van der Waals surface area contributed by atoms with Crippen LogP contribution in [0.15, 0.2) is 47.3 Å². The van der Waals surface area contributed by atoms with Gasteiger partial charge in [0, 0.05) is 18.3 Å². The number of hydrogen-bond donors (Lipinski definition) is 0. The number of carbonyl (C=O) groups is 2. The molecule has 0 bridgehead atoms. The summed E-state index contributed by atoms with van der Waals surface area (Å²) in [6, 6.07) is 12.7. The molecule has 2 aromatic carbocycles. The summed E-state index contributed by atoms with van der Waals surface area (Å²) in [5.41, 5.74) is 3.67. The zero-order valence-corrected chi connectivity index (χ0v) is 18.1. The molecule has 160 valence electrons. The van der Waals surface area contributed by atoms with Gasteiger partial charge in [0.25, 0.3) is 11.5 Å².